The van der Waals surface area contributed by atoms with Crippen LogP contribution in [0.15, 0.2) is 30.3 Å². The standard InChI is InChI=1S/C19H27NO5/c1-14(2)11-17(18(21)22)24-13-16-9-6-10-20(16)19(23)25-12-15-7-4-3-5-8-15/h3-5,7-8,14,16-17H,6,9-13H2,1-2H3,(H,21,22). The van der Waals surface area contributed by atoms with Crippen LogP contribution in [0.1, 0.15) is 38.7 Å². The molecule has 1 aliphatic heterocycles. The molecular formula is C19H27NO5. The van der Waals surface area contributed by atoms with E-state index in [9.17, 15) is 14.7 Å². The Morgan fingerprint density at radius 1 is 1.28 bits per heavy atom. The summed E-state index contributed by atoms with van der Waals surface area (Å²) in [5.74, 6) is -0.721. The molecule has 1 N–H and O–H groups in total. The van der Waals surface area contributed by atoms with Crippen LogP contribution in [0.4, 0.5) is 4.79 Å². The van der Waals surface area contributed by atoms with Gasteiger partial charge in [0.05, 0.1) is 12.6 Å². The van der Waals surface area contributed by atoms with E-state index in [0.717, 1.165) is 18.4 Å². The predicted molar refractivity (Wildman–Crippen MR) is 93.2 cm³/mol. The third-order valence-electron chi connectivity index (χ3n) is 4.27. The lowest BCUT2D eigenvalue weighted by Gasteiger charge is -2.25. The number of carboxylic acids is 1. The fourth-order valence-corrected chi connectivity index (χ4v) is 2.95. The van der Waals surface area contributed by atoms with Gasteiger partial charge in [-0.3, -0.25) is 0 Å². The number of rotatable bonds is 8. The highest BCUT2D eigenvalue weighted by Gasteiger charge is 2.31. The van der Waals surface area contributed by atoms with Crippen LogP contribution in [0.3, 0.4) is 0 Å². The number of aliphatic carboxylic acids is 1. The molecule has 0 aromatic heterocycles. The number of carbonyl (C=O) groups excluding carboxylic acids is 1. The molecule has 6 nitrogen and oxygen atoms in total. The average molecular weight is 349 g/mol. The Morgan fingerprint density at radius 2 is 2.00 bits per heavy atom. The molecular weight excluding hydrogens is 322 g/mol. The summed E-state index contributed by atoms with van der Waals surface area (Å²) in [7, 11) is 0. The SMILES string of the molecule is CC(C)CC(OCC1CCCN1C(=O)OCc1ccccc1)C(=O)O. The normalized spacial score (nSPS) is 18.4. The minimum absolute atomic E-state index is 0.128. The number of carboxylic acid groups (broad SMARTS) is 1. The van der Waals surface area contributed by atoms with Crippen molar-refractivity contribution in [3.05, 3.63) is 35.9 Å². The van der Waals surface area contributed by atoms with Gasteiger partial charge in [0.25, 0.3) is 0 Å². The van der Waals surface area contributed by atoms with E-state index in [-0.39, 0.29) is 31.3 Å². The van der Waals surface area contributed by atoms with Crippen molar-refractivity contribution in [2.75, 3.05) is 13.2 Å². The second kappa shape index (κ2) is 9.42. The Bertz CT molecular complexity index is 560. The molecule has 1 aromatic carbocycles. The van der Waals surface area contributed by atoms with E-state index in [1.54, 1.807) is 4.90 Å². The van der Waals surface area contributed by atoms with Crippen LogP contribution in [0.25, 0.3) is 0 Å². The number of hydrogen-bond donors (Lipinski definition) is 1. The maximum atomic E-state index is 12.3. The molecule has 0 saturated carbocycles. The molecule has 0 radical (unpaired) electrons. The van der Waals surface area contributed by atoms with Crippen molar-refractivity contribution in [1.82, 2.24) is 4.90 Å². The molecule has 1 aromatic rings. The molecule has 2 atom stereocenters. The summed E-state index contributed by atoms with van der Waals surface area (Å²) < 4.78 is 11.0. The lowest BCUT2D eigenvalue weighted by Crippen LogP contribution is -2.40. The van der Waals surface area contributed by atoms with Crippen molar-refractivity contribution in [1.29, 1.82) is 0 Å². The Labute approximate surface area is 148 Å². The maximum absolute atomic E-state index is 12.3. The minimum atomic E-state index is -0.954. The predicted octanol–water partition coefficient (Wildman–Crippen LogP) is 3.30. The number of hydrogen-bond acceptors (Lipinski definition) is 4. The van der Waals surface area contributed by atoms with Crippen molar-refractivity contribution >= 4 is 12.1 Å². The maximum Gasteiger partial charge on any atom is 0.410 e. The largest absolute Gasteiger partial charge is 0.479 e. The van der Waals surface area contributed by atoms with E-state index in [2.05, 4.69) is 0 Å². The van der Waals surface area contributed by atoms with Crippen LogP contribution in [-0.4, -0.2) is 47.4 Å². The average Bonchev–Trinajstić information content (AvgIpc) is 3.05. The van der Waals surface area contributed by atoms with Crippen LogP contribution in [0.2, 0.25) is 0 Å². The number of benzene rings is 1. The lowest BCUT2D eigenvalue weighted by atomic mass is 10.1. The molecule has 1 aliphatic rings. The Balaban J connectivity index is 1.84. The first kappa shape index (κ1) is 19.2. The van der Waals surface area contributed by atoms with Gasteiger partial charge in [-0.25, -0.2) is 9.59 Å². The second-order valence-electron chi connectivity index (χ2n) is 6.82. The number of likely N-dealkylation sites (tertiary alicyclic amines) is 1. The molecule has 0 aliphatic carbocycles. The molecule has 1 saturated heterocycles. The van der Waals surface area contributed by atoms with Crippen molar-refractivity contribution in [2.24, 2.45) is 5.92 Å². The molecule has 25 heavy (non-hydrogen) atoms. The first-order chi connectivity index (χ1) is 12.0. The molecule has 1 amide bonds. The molecule has 138 valence electrons. The summed E-state index contributed by atoms with van der Waals surface area (Å²) in [6.07, 6.45) is 0.930. The zero-order valence-corrected chi connectivity index (χ0v) is 14.9. The quantitative estimate of drug-likeness (QED) is 0.779. The first-order valence-corrected chi connectivity index (χ1v) is 8.79. The highest BCUT2D eigenvalue weighted by atomic mass is 16.6. The van der Waals surface area contributed by atoms with Crippen molar-refractivity contribution in [3.8, 4) is 0 Å². The summed E-state index contributed by atoms with van der Waals surface area (Å²) in [5, 5.41) is 9.25. The minimum Gasteiger partial charge on any atom is -0.479 e. The van der Waals surface area contributed by atoms with Gasteiger partial charge >= 0.3 is 12.1 Å². The van der Waals surface area contributed by atoms with Crippen molar-refractivity contribution < 1.29 is 24.2 Å². The molecule has 2 unspecified atom stereocenters. The number of nitrogens with zero attached hydrogens (tertiary/aromatic N) is 1. The van der Waals surface area contributed by atoms with Gasteiger partial charge < -0.3 is 19.5 Å². The van der Waals surface area contributed by atoms with Gasteiger partial charge in [-0.2, -0.15) is 0 Å². The van der Waals surface area contributed by atoms with E-state index in [1.807, 2.05) is 44.2 Å². The van der Waals surface area contributed by atoms with Gasteiger partial charge in [0.1, 0.15) is 6.61 Å². The zero-order valence-electron chi connectivity index (χ0n) is 14.9. The van der Waals surface area contributed by atoms with Crippen LogP contribution in [0.5, 0.6) is 0 Å². The molecule has 6 heteroatoms. The second-order valence-corrected chi connectivity index (χ2v) is 6.82. The van der Waals surface area contributed by atoms with Crippen LogP contribution < -0.4 is 0 Å². The summed E-state index contributed by atoms with van der Waals surface area (Å²) in [5.41, 5.74) is 0.936. The summed E-state index contributed by atoms with van der Waals surface area (Å²) in [6.45, 7) is 4.99. The molecule has 1 heterocycles. The first-order valence-electron chi connectivity index (χ1n) is 8.79. The number of amides is 1. The van der Waals surface area contributed by atoms with E-state index in [4.69, 9.17) is 9.47 Å². The zero-order chi connectivity index (χ0) is 18.2. The van der Waals surface area contributed by atoms with Crippen LogP contribution >= 0.6 is 0 Å². The van der Waals surface area contributed by atoms with Crippen LogP contribution in [0, 0.1) is 5.92 Å². The number of ether oxygens (including phenoxy) is 2. The van der Waals surface area contributed by atoms with Crippen molar-refractivity contribution in [2.45, 2.75) is 51.9 Å². The Kier molecular flexibility index (Phi) is 7.25. The fourth-order valence-electron chi connectivity index (χ4n) is 2.95. The van der Waals surface area contributed by atoms with E-state index >= 15 is 0 Å². The lowest BCUT2D eigenvalue weighted by molar-refractivity contribution is -0.152. The van der Waals surface area contributed by atoms with Gasteiger partial charge in [-0.15, -0.1) is 0 Å². The molecule has 1 fully saturated rings. The van der Waals surface area contributed by atoms with Crippen molar-refractivity contribution in [3.63, 3.8) is 0 Å². The Morgan fingerprint density at radius 3 is 2.64 bits per heavy atom. The highest BCUT2D eigenvalue weighted by Crippen LogP contribution is 2.20. The molecule has 0 bridgehead atoms. The molecule has 0 spiro atoms. The van der Waals surface area contributed by atoms with Gasteiger partial charge in [0.15, 0.2) is 6.10 Å². The van der Waals surface area contributed by atoms with E-state index in [0.29, 0.717) is 13.0 Å². The smallest absolute Gasteiger partial charge is 0.410 e. The van der Waals surface area contributed by atoms with Gasteiger partial charge in [0.2, 0.25) is 0 Å². The summed E-state index contributed by atoms with van der Waals surface area (Å²) >= 11 is 0. The summed E-state index contributed by atoms with van der Waals surface area (Å²) in [4.78, 5) is 25.3. The monoisotopic (exact) mass is 349 g/mol. The van der Waals surface area contributed by atoms with Gasteiger partial charge in [-0.1, -0.05) is 44.2 Å². The number of carbonyl (C=O) groups is 2. The molecule has 2 rings (SSSR count). The van der Waals surface area contributed by atoms with E-state index in [1.165, 1.54) is 0 Å². The van der Waals surface area contributed by atoms with Crippen LogP contribution in [-0.2, 0) is 20.9 Å². The van der Waals surface area contributed by atoms with Gasteiger partial charge in [-0.05, 0) is 30.7 Å². The van der Waals surface area contributed by atoms with Gasteiger partial charge in [0, 0.05) is 6.54 Å². The Hall–Kier alpha value is -2.08. The third-order valence-corrected chi connectivity index (χ3v) is 4.27. The highest BCUT2D eigenvalue weighted by molar-refractivity contribution is 5.72. The third kappa shape index (κ3) is 6.05. The topological polar surface area (TPSA) is 76.1 Å². The summed E-state index contributed by atoms with van der Waals surface area (Å²) in [6, 6.07) is 9.39. The van der Waals surface area contributed by atoms with E-state index < -0.39 is 12.1 Å². The fraction of sp³-hybridized carbons (Fsp3) is 0.579.